The van der Waals surface area contributed by atoms with Crippen LogP contribution in [-0.4, -0.2) is 32.5 Å². The van der Waals surface area contributed by atoms with Crippen LogP contribution in [0.25, 0.3) is 0 Å². The smallest absolute Gasteiger partial charge is 0.306 e. The highest BCUT2D eigenvalue weighted by Gasteiger charge is 2.35. The standard InChI is InChI=1S/C14H17NO5S/c16-13(17)10-5-7-14(18,8-6-10)9-21-12-3-1-11(2-4-12)15(19)20/h1-4,10,18H,5-9H2,(H,16,17). The molecule has 1 aromatic carbocycles. The van der Waals surface area contributed by atoms with Gasteiger partial charge >= 0.3 is 5.97 Å². The van der Waals surface area contributed by atoms with E-state index in [0.717, 1.165) is 4.90 Å². The number of carbonyl (C=O) groups is 1. The van der Waals surface area contributed by atoms with Gasteiger partial charge < -0.3 is 10.2 Å². The fourth-order valence-corrected chi connectivity index (χ4v) is 3.48. The lowest BCUT2D eigenvalue weighted by Crippen LogP contribution is -2.38. The van der Waals surface area contributed by atoms with Crippen LogP contribution in [-0.2, 0) is 4.79 Å². The fourth-order valence-electron chi connectivity index (χ4n) is 2.43. The maximum absolute atomic E-state index is 10.9. The molecule has 21 heavy (non-hydrogen) atoms. The van der Waals surface area contributed by atoms with Crippen molar-refractivity contribution in [2.24, 2.45) is 5.92 Å². The summed E-state index contributed by atoms with van der Waals surface area (Å²) < 4.78 is 0. The number of nitro groups is 1. The molecule has 7 heteroatoms. The van der Waals surface area contributed by atoms with Crippen molar-refractivity contribution in [3.05, 3.63) is 34.4 Å². The van der Waals surface area contributed by atoms with Crippen LogP contribution in [0.2, 0.25) is 0 Å². The number of aliphatic hydroxyl groups is 1. The number of carboxylic acids is 1. The number of hydrogen-bond acceptors (Lipinski definition) is 5. The fraction of sp³-hybridized carbons (Fsp3) is 0.500. The van der Waals surface area contributed by atoms with Gasteiger partial charge in [-0.1, -0.05) is 0 Å². The Hall–Kier alpha value is -1.60. The number of carboxylic acid groups (broad SMARTS) is 1. The molecule has 0 unspecified atom stereocenters. The largest absolute Gasteiger partial charge is 0.481 e. The third kappa shape index (κ3) is 4.18. The van der Waals surface area contributed by atoms with E-state index in [2.05, 4.69) is 0 Å². The monoisotopic (exact) mass is 311 g/mol. The van der Waals surface area contributed by atoms with Crippen molar-refractivity contribution in [1.29, 1.82) is 0 Å². The number of nitro benzene ring substituents is 1. The van der Waals surface area contributed by atoms with Crippen LogP contribution in [0.3, 0.4) is 0 Å². The van der Waals surface area contributed by atoms with Gasteiger partial charge in [-0.25, -0.2) is 0 Å². The zero-order valence-corrected chi connectivity index (χ0v) is 12.2. The van der Waals surface area contributed by atoms with E-state index in [1.165, 1.54) is 23.9 Å². The molecule has 2 rings (SSSR count). The molecule has 114 valence electrons. The van der Waals surface area contributed by atoms with Crippen molar-refractivity contribution in [2.45, 2.75) is 36.2 Å². The lowest BCUT2D eigenvalue weighted by atomic mass is 9.80. The minimum atomic E-state index is -0.849. The molecule has 1 fully saturated rings. The van der Waals surface area contributed by atoms with Gasteiger partial charge in [-0.2, -0.15) is 0 Å². The maximum Gasteiger partial charge on any atom is 0.306 e. The average Bonchev–Trinajstić information content (AvgIpc) is 2.46. The molecule has 0 aliphatic heterocycles. The molecule has 0 aromatic heterocycles. The lowest BCUT2D eigenvalue weighted by molar-refractivity contribution is -0.384. The zero-order chi connectivity index (χ0) is 15.5. The van der Waals surface area contributed by atoms with Crippen LogP contribution in [0, 0.1) is 16.0 Å². The third-order valence-electron chi connectivity index (χ3n) is 3.82. The quantitative estimate of drug-likeness (QED) is 0.492. The van der Waals surface area contributed by atoms with Gasteiger partial charge in [0.1, 0.15) is 0 Å². The summed E-state index contributed by atoms with van der Waals surface area (Å²) >= 11 is 1.44. The summed E-state index contributed by atoms with van der Waals surface area (Å²) in [6.07, 6.45) is 1.94. The Kier molecular flexibility index (Phi) is 4.84. The van der Waals surface area contributed by atoms with E-state index in [4.69, 9.17) is 5.11 Å². The number of nitrogens with zero attached hydrogens (tertiary/aromatic N) is 1. The molecule has 0 saturated heterocycles. The summed E-state index contributed by atoms with van der Waals surface area (Å²) in [5.41, 5.74) is -0.807. The van der Waals surface area contributed by atoms with E-state index >= 15 is 0 Å². The van der Waals surface area contributed by atoms with Crippen LogP contribution in [0.5, 0.6) is 0 Å². The van der Waals surface area contributed by atoms with Gasteiger partial charge in [0, 0.05) is 22.8 Å². The third-order valence-corrected chi connectivity index (χ3v) is 5.11. The van der Waals surface area contributed by atoms with Gasteiger partial charge in [0.2, 0.25) is 0 Å². The van der Waals surface area contributed by atoms with Gasteiger partial charge in [-0.15, -0.1) is 11.8 Å². The Labute approximate surface area is 126 Å². The number of thioether (sulfide) groups is 1. The highest BCUT2D eigenvalue weighted by atomic mass is 32.2. The Morgan fingerprint density at radius 2 is 1.90 bits per heavy atom. The van der Waals surface area contributed by atoms with Crippen LogP contribution in [0.4, 0.5) is 5.69 Å². The number of hydrogen-bond donors (Lipinski definition) is 2. The van der Waals surface area contributed by atoms with Crippen molar-refractivity contribution in [3.8, 4) is 0 Å². The highest BCUT2D eigenvalue weighted by Crippen LogP contribution is 2.36. The molecule has 0 spiro atoms. The molecule has 2 N–H and O–H groups in total. The Bertz CT molecular complexity index is 523. The first-order chi connectivity index (χ1) is 9.89. The normalized spacial score (nSPS) is 25.5. The van der Waals surface area contributed by atoms with Crippen LogP contribution < -0.4 is 0 Å². The van der Waals surface area contributed by atoms with E-state index in [0.29, 0.717) is 31.4 Å². The molecule has 1 saturated carbocycles. The van der Waals surface area contributed by atoms with E-state index in [-0.39, 0.29) is 11.6 Å². The van der Waals surface area contributed by atoms with E-state index in [1.54, 1.807) is 12.1 Å². The first-order valence-corrected chi connectivity index (χ1v) is 7.71. The van der Waals surface area contributed by atoms with Crippen LogP contribution in [0.1, 0.15) is 25.7 Å². The average molecular weight is 311 g/mol. The minimum absolute atomic E-state index is 0.0417. The Morgan fingerprint density at radius 3 is 2.38 bits per heavy atom. The van der Waals surface area contributed by atoms with Crippen molar-refractivity contribution in [3.63, 3.8) is 0 Å². The summed E-state index contributed by atoms with van der Waals surface area (Å²) in [6.45, 7) is 0. The van der Waals surface area contributed by atoms with Gasteiger partial charge in [0.25, 0.3) is 5.69 Å². The van der Waals surface area contributed by atoms with E-state index in [1.807, 2.05) is 0 Å². The van der Waals surface area contributed by atoms with Gasteiger partial charge in [0.05, 0.1) is 16.4 Å². The van der Waals surface area contributed by atoms with Gasteiger partial charge in [0.15, 0.2) is 0 Å². The van der Waals surface area contributed by atoms with Gasteiger partial charge in [-0.3, -0.25) is 14.9 Å². The van der Waals surface area contributed by atoms with Crippen molar-refractivity contribution >= 4 is 23.4 Å². The second-order valence-corrected chi connectivity index (χ2v) is 6.43. The van der Waals surface area contributed by atoms with Crippen molar-refractivity contribution in [2.75, 3.05) is 5.75 Å². The molecule has 6 nitrogen and oxygen atoms in total. The molecule has 0 heterocycles. The summed E-state index contributed by atoms with van der Waals surface area (Å²) in [7, 11) is 0. The van der Waals surface area contributed by atoms with E-state index < -0.39 is 16.5 Å². The molecular weight excluding hydrogens is 294 g/mol. The first-order valence-electron chi connectivity index (χ1n) is 6.72. The molecule has 1 aliphatic rings. The topological polar surface area (TPSA) is 101 Å². The molecule has 0 amide bonds. The van der Waals surface area contributed by atoms with Crippen molar-refractivity contribution in [1.82, 2.24) is 0 Å². The zero-order valence-electron chi connectivity index (χ0n) is 11.4. The van der Waals surface area contributed by atoms with Crippen LogP contribution in [0.15, 0.2) is 29.2 Å². The van der Waals surface area contributed by atoms with Crippen LogP contribution >= 0.6 is 11.8 Å². The maximum atomic E-state index is 10.9. The SMILES string of the molecule is O=C(O)C1CCC(O)(CSc2ccc([N+](=O)[O-])cc2)CC1. The molecule has 0 atom stereocenters. The van der Waals surface area contributed by atoms with E-state index in [9.17, 15) is 20.0 Å². The number of rotatable bonds is 5. The lowest BCUT2D eigenvalue weighted by Gasteiger charge is -2.34. The molecular formula is C14H17NO5S. The summed E-state index contributed by atoms with van der Waals surface area (Å²) in [4.78, 5) is 21.9. The number of benzene rings is 1. The highest BCUT2D eigenvalue weighted by molar-refractivity contribution is 7.99. The van der Waals surface area contributed by atoms with Crippen molar-refractivity contribution < 1.29 is 19.9 Å². The summed E-state index contributed by atoms with van der Waals surface area (Å²) in [5, 5.41) is 30.0. The molecule has 1 aromatic rings. The summed E-state index contributed by atoms with van der Waals surface area (Å²) in [5.74, 6) is -0.674. The predicted molar refractivity (Wildman–Crippen MR) is 78.4 cm³/mol. The molecule has 1 aliphatic carbocycles. The second-order valence-electron chi connectivity index (χ2n) is 5.38. The molecule has 0 bridgehead atoms. The number of aliphatic carboxylic acids is 1. The molecule has 0 radical (unpaired) electrons. The minimum Gasteiger partial charge on any atom is -0.481 e. The van der Waals surface area contributed by atoms with Gasteiger partial charge in [-0.05, 0) is 37.8 Å². The Morgan fingerprint density at radius 1 is 1.33 bits per heavy atom. The predicted octanol–water partition coefficient (Wildman–Crippen LogP) is 2.69. The first kappa shape index (κ1) is 15.8. The summed E-state index contributed by atoms with van der Waals surface area (Å²) in [6, 6.07) is 6.20. The number of non-ortho nitro benzene ring substituents is 1. The second kappa shape index (κ2) is 6.44. The Balaban J connectivity index is 1.88.